The first-order valence-electron chi connectivity index (χ1n) is 5.08. The van der Waals surface area contributed by atoms with Crippen molar-refractivity contribution in [1.29, 1.82) is 0 Å². The number of hydrogen-bond acceptors (Lipinski definition) is 2. The van der Waals surface area contributed by atoms with Crippen molar-refractivity contribution < 1.29 is 0 Å². The molecule has 0 N–H and O–H groups in total. The number of aryl methyl sites for hydroxylation is 1. The molecule has 1 aromatic rings. The highest BCUT2D eigenvalue weighted by Crippen LogP contribution is 2.34. The van der Waals surface area contributed by atoms with Gasteiger partial charge in [-0.1, -0.05) is 13.8 Å². The van der Waals surface area contributed by atoms with Gasteiger partial charge in [0.1, 0.15) is 6.33 Å². The number of rotatable bonds is 1. The summed E-state index contributed by atoms with van der Waals surface area (Å²) >= 11 is 0. The number of aromatic nitrogens is 2. The van der Waals surface area contributed by atoms with E-state index in [9.17, 15) is 0 Å². The number of hydrogen-bond donors (Lipinski definition) is 0. The van der Waals surface area contributed by atoms with Gasteiger partial charge >= 0.3 is 0 Å². The van der Waals surface area contributed by atoms with E-state index in [0.717, 1.165) is 6.42 Å². The van der Waals surface area contributed by atoms with E-state index < -0.39 is 0 Å². The van der Waals surface area contributed by atoms with Gasteiger partial charge < -0.3 is 0 Å². The zero-order valence-electron chi connectivity index (χ0n) is 8.33. The fourth-order valence-corrected chi connectivity index (χ4v) is 2.22. The quantitative estimate of drug-likeness (QED) is 0.657. The molecule has 0 spiro atoms. The molecule has 0 radical (unpaired) electrons. The Morgan fingerprint density at radius 2 is 2.31 bits per heavy atom. The molecule has 2 rings (SSSR count). The summed E-state index contributed by atoms with van der Waals surface area (Å²) in [5.41, 5.74) is 2.67. The van der Waals surface area contributed by atoms with Crippen LogP contribution in [0.5, 0.6) is 0 Å². The van der Waals surface area contributed by atoms with Crippen LogP contribution in [0.3, 0.4) is 0 Å². The highest BCUT2D eigenvalue weighted by Gasteiger charge is 2.23. The molecule has 0 amide bonds. The lowest BCUT2D eigenvalue weighted by atomic mass is 9.80. The largest absolute Gasteiger partial charge is 0.245 e. The van der Waals surface area contributed by atoms with Gasteiger partial charge in [0.15, 0.2) is 0 Å². The average molecular weight is 176 g/mol. The van der Waals surface area contributed by atoms with Gasteiger partial charge in [0.05, 0.1) is 0 Å². The Morgan fingerprint density at radius 1 is 1.46 bits per heavy atom. The molecule has 0 saturated heterocycles. The monoisotopic (exact) mass is 176 g/mol. The first kappa shape index (κ1) is 8.67. The lowest BCUT2D eigenvalue weighted by Gasteiger charge is -2.26. The molecule has 0 aromatic carbocycles. The Kier molecular flexibility index (Phi) is 2.30. The summed E-state index contributed by atoms with van der Waals surface area (Å²) in [6.45, 7) is 4.57. The molecular formula is C11H16N2. The normalized spacial score (nSPS) is 21.6. The molecule has 1 aromatic heterocycles. The van der Waals surface area contributed by atoms with Crippen molar-refractivity contribution in [3.05, 3.63) is 23.8 Å². The molecule has 2 heteroatoms. The predicted molar refractivity (Wildman–Crippen MR) is 52.5 cm³/mol. The molecule has 0 saturated carbocycles. The van der Waals surface area contributed by atoms with Crippen LogP contribution in [0.2, 0.25) is 0 Å². The third-order valence-electron chi connectivity index (χ3n) is 2.96. The first-order valence-corrected chi connectivity index (χ1v) is 5.08. The van der Waals surface area contributed by atoms with Gasteiger partial charge in [0, 0.05) is 11.9 Å². The van der Waals surface area contributed by atoms with Gasteiger partial charge in [-0.2, -0.15) is 0 Å². The van der Waals surface area contributed by atoms with E-state index in [1.54, 1.807) is 6.33 Å². The van der Waals surface area contributed by atoms with Gasteiger partial charge in [-0.05, 0) is 36.7 Å². The molecule has 0 aliphatic heterocycles. The summed E-state index contributed by atoms with van der Waals surface area (Å²) in [5.74, 6) is 1.40. The van der Waals surface area contributed by atoms with Gasteiger partial charge in [-0.25, -0.2) is 9.97 Å². The molecule has 1 aliphatic rings. The van der Waals surface area contributed by atoms with Crippen molar-refractivity contribution in [2.75, 3.05) is 0 Å². The van der Waals surface area contributed by atoms with Crippen LogP contribution in [0.15, 0.2) is 12.5 Å². The third-order valence-corrected chi connectivity index (χ3v) is 2.96. The topological polar surface area (TPSA) is 25.8 Å². The van der Waals surface area contributed by atoms with Crippen LogP contribution in [-0.2, 0) is 6.42 Å². The Hall–Kier alpha value is -0.920. The maximum absolute atomic E-state index is 4.34. The van der Waals surface area contributed by atoms with Crippen LogP contribution < -0.4 is 0 Å². The maximum atomic E-state index is 4.34. The molecule has 70 valence electrons. The van der Waals surface area contributed by atoms with Crippen LogP contribution in [0.1, 0.15) is 43.9 Å². The third kappa shape index (κ3) is 1.58. The predicted octanol–water partition coefficient (Wildman–Crippen LogP) is 2.55. The molecule has 1 unspecified atom stereocenters. The minimum absolute atomic E-state index is 0.685. The lowest BCUT2D eigenvalue weighted by molar-refractivity contribution is 0.427. The van der Waals surface area contributed by atoms with Crippen molar-refractivity contribution in [3.63, 3.8) is 0 Å². The minimum Gasteiger partial charge on any atom is -0.245 e. The molecule has 2 nitrogen and oxygen atoms in total. The van der Waals surface area contributed by atoms with E-state index in [-0.39, 0.29) is 0 Å². The zero-order chi connectivity index (χ0) is 9.26. The summed E-state index contributed by atoms with van der Waals surface area (Å²) in [6, 6.07) is 0. The van der Waals surface area contributed by atoms with E-state index in [1.165, 1.54) is 24.1 Å². The number of nitrogens with zero attached hydrogens (tertiary/aromatic N) is 2. The summed E-state index contributed by atoms with van der Waals surface area (Å²) in [4.78, 5) is 8.46. The van der Waals surface area contributed by atoms with Crippen molar-refractivity contribution in [2.24, 2.45) is 5.92 Å². The summed E-state index contributed by atoms with van der Waals surface area (Å²) in [6.07, 6.45) is 7.40. The van der Waals surface area contributed by atoms with Gasteiger partial charge in [0.25, 0.3) is 0 Å². The van der Waals surface area contributed by atoms with E-state index in [1.807, 2.05) is 6.20 Å². The van der Waals surface area contributed by atoms with Crippen molar-refractivity contribution >= 4 is 0 Å². The second-order valence-electron chi connectivity index (χ2n) is 4.17. The lowest BCUT2D eigenvalue weighted by Crippen LogP contribution is -2.16. The smallest absolute Gasteiger partial charge is 0.115 e. The molecular weight excluding hydrogens is 160 g/mol. The van der Waals surface area contributed by atoms with Crippen molar-refractivity contribution in [3.8, 4) is 0 Å². The molecule has 13 heavy (non-hydrogen) atoms. The van der Waals surface area contributed by atoms with Gasteiger partial charge in [-0.15, -0.1) is 0 Å². The van der Waals surface area contributed by atoms with E-state index in [4.69, 9.17) is 0 Å². The standard InChI is InChI=1S/C11H16N2/c1-8(2)9-4-3-5-11-10(9)6-12-7-13-11/h6-9H,3-5H2,1-2H3. The van der Waals surface area contributed by atoms with Crippen LogP contribution in [0, 0.1) is 5.92 Å². The number of fused-ring (bicyclic) bond motifs is 1. The molecule has 0 bridgehead atoms. The molecule has 1 aliphatic carbocycles. The molecule has 1 heterocycles. The second kappa shape index (κ2) is 3.44. The fourth-order valence-electron chi connectivity index (χ4n) is 2.22. The summed E-state index contributed by atoms with van der Waals surface area (Å²) in [7, 11) is 0. The summed E-state index contributed by atoms with van der Waals surface area (Å²) < 4.78 is 0. The SMILES string of the molecule is CC(C)C1CCCc2ncncc21. The van der Waals surface area contributed by atoms with Gasteiger partial charge in [-0.3, -0.25) is 0 Å². The van der Waals surface area contributed by atoms with E-state index in [0.29, 0.717) is 11.8 Å². The van der Waals surface area contributed by atoms with E-state index >= 15 is 0 Å². The highest BCUT2D eigenvalue weighted by molar-refractivity contribution is 5.24. The fraction of sp³-hybridized carbons (Fsp3) is 0.636. The van der Waals surface area contributed by atoms with Crippen LogP contribution in [0.4, 0.5) is 0 Å². The average Bonchev–Trinajstić information content (AvgIpc) is 2.17. The Balaban J connectivity index is 2.37. The summed E-state index contributed by atoms with van der Waals surface area (Å²) in [5, 5.41) is 0. The van der Waals surface area contributed by atoms with Crippen LogP contribution in [0.25, 0.3) is 0 Å². The Bertz CT molecular complexity index is 294. The molecule has 0 fully saturated rings. The van der Waals surface area contributed by atoms with E-state index in [2.05, 4.69) is 23.8 Å². The molecule has 1 atom stereocenters. The van der Waals surface area contributed by atoms with Gasteiger partial charge in [0.2, 0.25) is 0 Å². The van der Waals surface area contributed by atoms with Crippen molar-refractivity contribution in [1.82, 2.24) is 9.97 Å². The van der Waals surface area contributed by atoms with Crippen molar-refractivity contribution in [2.45, 2.75) is 39.0 Å². The van der Waals surface area contributed by atoms with Crippen LogP contribution >= 0.6 is 0 Å². The zero-order valence-corrected chi connectivity index (χ0v) is 8.33. The highest BCUT2D eigenvalue weighted by atomic mass is 14.8. The van der Waals surface area contributed by atoms with Crippen LogP contribution in [-0.4, -0.2) is 9.97 Å². The minimum atomic E-state index is 0.685. The second-order valence-corrected chi connectivity index (χ2v) is 4.17. The Morgan fingerprint density at radius 3 is 3.08 bits per heavy atom. The first-order chi connectivity index (χ1) is 6.29. The Labute approximate surface area is 79.4 Å². The maximum Gasteiger partial charge on any atom is 0.115 e.